The molecule has 208 valence electrons. The van der Waals surface area contributed by atoms with Crippen molar-refractivity contribution in [1.29, 1.82) is 0 Å². The molecule has 2 aliphatic heterocycles. The highest BCUT2D eigenvalue weighted by atomic mass is 32.3. The number of rotatable bonds is 8. The van der Waals surface area contributed by atoms with Gasteiger partial charge in [-0.05, 0) is 76.3 Å². The summed E-state index contributed by atoms with van der Waals surface area (Å²) in [4.78, 5) is 13.7. The lowest BCUT2D eigenvalue weighted by Gasteiger charge is -2.34. The number of allylic oxidation sites excluding steroid dienone is 2. The maximum atomic E-state index is 13.0. The summed E-state index contributed by atoms with van der Waals surface area (Å²) in [5.74, 6) is -0.299. The fourth-order valence-electron chi connectivity index (χ4n) is 4.42. The quantitative estimate of drug-likeness (QED) is 0.425. The Morgan fingerprint density at radius 1 is 0.711 bits per heavy atom. The van der Waals surface area contributed by atoms with Gasteiger partial charge in [0.1, 0.15) is 8.42 Å². The highest BCUT2D eigenvalue weighted by molar-refractivity contribution is 7.91. The molecule has 2 aromatic heterocycles. The summed E-state index contributed by atoms with van der Waals surface area (Å²) in [6, 6.07) is 6.44. The van der Waals surface area contributed by atoms with E-state index < -0.39 is 20.0 Å². The SMILES string of the molecule is C[C@@H]1CN(S(=O)(=O)c2ccc(/C=C/C(=O)/C=C/c3ccc(S(=O)(=O)N4C[C@@H](C)O[C@@H](C)C4)s3)s2)C[C@@H](C)O1. The van der Waals surface area contributed by atoms with Crippen molar-refractivity contribution in [3.8, 4) is 0 Å². The molecule has 0 amide bonds. The molecule has 9 nitrogen and oxygen atoms in total. The number of morpholine rings is 2. The Bertz CT molecular complexity index is 1300. The molecule has 4 heterocycles. The van der Waals surface area contributed by atoms with Crippen molar-refractivity contribution in [1.82, 2.24) is 8.61 Å². The third kappa shape index (κ3) is 6.89. The van der Waals surface area contributed by atoms with Crippen molar-refractivity contribution < 1.29 is 31.1 Å². The van der Waals surface area contributed by atoms with Crippen LogP contribution in [0.4, 0.5) is 0 Å². The van der Waals surface area contributed by atoms with Crippen LogP contribution in [-0.4, -0.2) is 81.8 Å². The number of sulfonamides is 2. The molecule has 2 aliphatic rings. The number of hydrogen-bond acceptors (Lipinski definition) is 9. The summed E-state index contributed by atoms with van der Waals surface area (Å²) in [6.07, 6.45) is 5.16. The van der Waals surface area contributed by atoms with Gasteiger partial charge in [0, 0.05) is 35.9 Å². The van der Waals surface area contributed by atoms with Gasteiger partial charge in [0.05, 0.1) is 24.4 Å². The lowest BCUT2D eigenvalue weighted by atomic mass is 10.3. The van der Waals surface area contributed by atoms with Gasteiger partial charge < -0.3 is 9.47 Å². The van der Waals surface area contributed by atoms with Crippen LogP contribution in [0.3, 0.4) is 0 Å². The maximum absolute atomic E-state index is 13.0. The maximum Gasteiger partial charge on any atom is 0.252 e. The van der Waals surface area contributed by atoms with Crippen LogP contribution in [0.2, 0.25) is 0 Å². The van der Waals surface area contributed by atoms with Gasteiger partial charge in [-0.1, -0.05) is 0 Å². The van der Waals surface area contributed by atoms with Crippen molar-refractivity contribution in [2.45, 2.75) is 60.5 Å². The minimum absolute atomic E-state index is 0.177. The van der Waals surface area contributed by atoms with E-state index in [4.69, 9.17) is 9.47 Å². The summed E-state index contributed by atoms with van der Waals surface area (Å²) in [5, 5.41) is 0. The summed E-state index contributed by atoms with van der Waals surface area (Å²) in [7, 11) is -7.27. The first-order valence-electron chi connectivity index (χ1n) is 12.3. The zero-order valence-corrected chi connectivity index (χ0v) is 24.9. The molecule has 2 fully saturated rings. The van der Waals surface area contributed by atoms with Gasteiger partial charge >= 0.3 is 0 Å². The normalized spacial score (nSPS) is 26.4. The van der Waals surface area contributed by atoms with E-state index in [-0.39, 0.29) is 38.6 Å². The lowest BCUT2D eigenvalue weighted by molar-refractivity contribution is -0.110. The third-order valence-corrected chi connectivity index (χ3v) is 12.7. The van der Waals surface area contributed by atoms with Gasteiger partial charge in [-0.15, -0.1) is 22.7 Å². The van der Waals surface area contributed by atoms with Crippen LogP contribution in [0.15, 0.2) is 44.8 Å². The Labute approximate surface area is 232 Å². The van der Waals surface area contributed by atoms with Gasteiger partial charge in [-0.25, -0.2) is 16.8 Å². The molecule has 0 N–H and O–H groups in total. The van der Waals surface area contributed by atoms with Crippen LogP contribution in [0.25, 0.3) is 12.2 Å². The lowest BCUT2D eigenvalue weighted by Crippen LogP contribution is -2.47. The van der Waals surface area contributed by atoms with Gasteiger partial charge in [0.15, 0.2) is 5.78 Å². The Morgan fingerprint density at radius 2 is 1.05 bits per heavy atom. The monoisotopic (exact) mass is 600 g/mol. The predicted octanol–water partition coefficient (Wildman–Crippen LogP) is 3.70. The second kappa shape index (κ2) is 11.8. The highest BCUT2D eigenvalue weighted by Crippen LogP contribution is 2.29. The minimum atomic E-state index is -3.64. The molecule has 0 bridgehead atoms. The van der Waals surface area contributed by atoms with Crippen LogP contribution in [-0.2, 0) is 34.3 Å². The number of carbonyl (C=O) groups is 1. The third-order valence-electron chi connectivity index (χ3n) is 5.99. The molecule has 4 atom stereocenters. The smallest absolute Gasteiger partial charge is 0.252 e. The number of ether oxygens (including phenoxy) is 2. The molecular formula is C25H32N2O7S4. The largest absolute Gasteiger partial charge is 0.373 e. The summed E-state index contributed by atoms with van der Waals surface area (Å²) in [6.45, 7) is 8.60. The van der Waals surface area contributed by atoms with Crippen molar-refractivity contribution >= 4 is 60.7 Å². The fourth-order valence-corrected chi connectivity index (χ4v) is 10.4. The van der Waals surface area contributed by atoms with Crippen LogP contribution in [0.1, 0.15) is 37.4 Å². The number of thiophene rings is 2. The first-order valence-corrected chi connectivity index (χ1v) is 16.8. The molecule has 0 radical (unpaired) electrons. The molecule has 0 saturated carbocycles. The summed E-state index contributed by atoms with van der Waals surface area (Å²) in [5.41, 5.74) is 0. The van der Waals surface area contributed by atoms with Crippen LogP contribution in [0, 0.1) is 0 Å². The van der Waals surface area contributed by atoms with E-state index in [1.54, 1.807) is 36.4 Å². The number of nitrogens with zero attached hydrogens (tertiary/aromatic N) is 2. The summed E-state index contributed by atoms with van der Waals surface area (Å²) < 4.78 is 66.7. The van der Waals surface area contributed by atoms with Crippen molar-refractivity contribution in [3.05, 3.63) is 46.2 Å². The Kier molecular flexibility index (Phi) is 9.09. The first-order chi connectivity index (χ1) is 17.8. The van der Waals surface area contributed by atoms with Gasteiger partial charge in [0.25, 0.3) is 20.0 Å². The highest BCUT2D eigenvalue weighted by Gasteiger charge is 2.34. The molecule has 0 aliphatic carbocycles. The number of carbonyl (C=O) groups excluding carboxylic acids is 1. The molecule has 0 unspecified atom stereocenters. The van der Waals surface area contributed by atoms with E-state index in [0.717, 1.165) is 22.7 Å². The Morgan fingerprint density at radius 3 is 1.39 bits per heavy atom. The molecule has 2 saturated heterocycles. The van der Waals surface area contributed by atoms with E-state index in [0.29, 0.717) is 35.9 Å². The van der Waals surface area contributed by atoms with Gasteiger partial charge in [-0.2, -0.15) is 8.61 Å². The second-order valence-electron chi connectivity index (χ2n) is 9.54. The topological polar surface area (TPSA) is 110 Å². The predicted molar refractivity (Wildman–Crippen MR) is 149 cm³/mol. The molecule has 2 aromatic rings. The number of ketones is 1. The zero-order chi connectivity index (χ0) is 27.7. The number of hydrogen-bond donors (Lipinski definition) is 0. The molecular weight excluding hydrogens is 569 g/mol. The van der Waals surface area contributed by atoms with Crippen molar-refractivity contribution in [2.24, 2.45) is 0 Å². The average molecular weight is 601 g/mol. The van der Waals surface area contributed by atoms with E-state index in [1.165, 1.54) is 20.8 Å². The van der Waals surface area contributed by atoms with Crippen LogP contribution >= 0.6 is 22.7 Å². The van der Waals surface area contributed by atoms with Crippen LogP contribution < -0.4 is 0 Å². The average Bonchev–Trinajstić information content (AvgIpc) is 3.51. The van der Waals surface area contributed by atoms with Crippen molar-refractivity contribution in [3.63, 3.8) is 0 Å². The van der Waals surface area contributed by atoms with Crippen molar-refractivity contribution in [2.75, 3.05) is 26.2 Å². The molecule has 0 aromatic carbocycles. The standard InChI is InChI=1S/C25H32N2O7S4/c1-17-13-26(14-18(2)33-17)37(29,30)24-11-9-22(35-24)7-5-21(28)6-8-23-10-12-25(36-23)38(31,32)27-15-19(3)34-20(4)16-27/h5-12,17-20H,13-16H2,1-4H3/b7-5+,8-6+/t17-,18-,19-,20+/m1/s1. The zero-order valence-electron chi connectivity index (χ0n) is 21.6. The fraction of sp³-hybridized carbons (Fsp3) is 0.480. The van der Waals surface area contributed by atoms with E-state index in [9.17, 15) is 21.6 Å². The Hall–Kier alpha value is -1.71. The minimum Gasteiger partial charge on any atom is -0.373 e. The van der Waals surface area contributed by atoms with Gasteiger partial charge in [0.2, 0.25) is 0 Å². The van der Waals surface area contributed by atoms with Gasteiger partial charge in [-0.3, -0.25) is 4.79 Å². The second-order valence-corrected chi connectivity index (χ2v) is 16.1. The summed E-state index contributed by atoms with van der Waals surface area (Å²) >= 11 is 2.20. The van der Waals surface area contributed by atoms with Crippen LogP contribution in [0.5, 0.6) is 0 Å². The van der Waals surface area contributed by atoms with E-state index in [2.05, 4.69) is 0 Å². The van der Waals surface area contributed by atoms with E-state index >= 15 is 0 Å². The molecule has 13 heteroatoms. The van der Waals surface area contributed by atoms with E-state index in [1.807, 2.05) is 27.7 Å². The molecule has 0 spiro atoms. The molecule has 38 heavy (non-hydrogen) atoms. The first kappa shape index (κ1) is 29.3. The Balaban J connectivity index is 1.38. The molecule has 4 rings (SSSR count).